The van der Waals surface area contributed by atoms with Crippen molar-refractivity contribution in [1.82, 2.24) is 9.55 Å². The van der Waals surface area contributed by atoms with Gasteiger partial charge in [0.2, 0.25) is 5.91 Å². The Labute approximate surface area is 165 Å². The normalized spacial score (nSPS) is 16.9. The molecule has 0 saturated carbocycles. The standard InChI is InChI=1S/C23H27N3O2/c1-3-5-14-25-21-9-7-6-8-20(21)24-23(25)17-15-22(27)26(16-17)18-10-12-19(13-11-18)28-4-2/h6-13,17H,3-5,14-16H2,1-2H3/t17-/m1/s1. The number of para-hydroxylation sites is 2. The molecule has 28 heavy (non-hydrogen) atoms. The molecule has 0 aliphatic carbocycles. The van der Waals surface area contributed by atoms with E-state index in [0.29, 0.717) is 19.6 Å². The van der Waals surface area contributed by atoms with Gasteiger partial charge in [-0.1, -0.05) is 25.5 Å². The first-order valence-corrected chi connectivity index (χ1v) is 10.2. The Morgan fingerprint density at radius 2 is 1.89 bits per heavy atom. The van der Waals surface area contributed by atoms with Gasteiger partial charge in [0.25, 0.3) is 0 Å². The van der Waals surface area contributed by atoms with Gasteiger partial charge in [-0.05, 0) is 49.7 Å². The van der Waals surface area contributed by atoms with E-state index in [4.69, 9.17) is 9.72 Å². The molecule has 2 heterocycles. The number of ether oxygens (including phenoxy) is 1. The van der Waals surface area contributed by atoms with Crippen LogP contribution in [0.15, 0.2) is 48.5 Å². The first-order valence-electron chi connectivity index (χ1n) is 10.2. The van der Waals surface area contributed by atoms with Crippen molar-refractivity contribution in [2.45, 2.75) is 45.6 Å². The van der Waals surface area contributed by atoms with E-state index in [1.54, 1.807) is 0 Å². The van der Waals surface area contributed by atoms with Crippen molar-refractivity contribution in [3.8, 4) is 5.75 Å². The highest BCUT2D eigenvalue weighted by molar-refractivity contribution is 5.96. The topological polar surface area (TPSA) is 47.4 Å². The number of anilines is 1. The summed E-state index contributed by atoms with van der Waals surface area (Å²) in [5.41, 5.74) is 3.10. The number of imidazole rings is 1. The van der Waals surface area contributed by atoms with Crippen LogP contribution in [-0.4, -0.2) is 28.6 Å². The molecule has 2 aromatic carbocycles. The van der Waals surface area contributed by atoms with E-state index in [1.807, 2.05) is 42.2 Å². The molecule has 1 aliphatic rings. The number of amides is 1. The van der Waals surface area contributed by atoms with Crippen LogP contribution in [0.1, 0.15) is 44.9 Å². The van der Waals surface area contributed by atoms with Gasteiger partial charge in [-0.25, -0.2) is 4.98 Å². The van der Waals surface area contributed by atoms with Crippen molar-refractivity contribution in [1.29, 1.82) is 0 Å². The Kier molecular flexibility index (Phi) is 5.33. The molecule has 4 rings (SSSR count). The molecule has 5 heteroatoms. The Morgan fingerprint density at radius 3 is 2.64 bits per heavy atom. The smallest absolute Gasteiger partial charge is 0.227 e. The highest BCUT2D eigenvalue weighted by Crippen LogP contribution is 2.34. The number of rotatable bonds is 7. The van der Waals surface area contributed by atoms with Gasteiger partial charge < -0.3 is 14.2 Å². The van der Waals surface area contributed by atoms with Crippen LogP contribution in [0.25, 0.3) is 11.0 Å². The third-order valence-corrected chi connectivity index (χ3v) is 5.37. The van der Waals surface area contributed by atoms with Crippen molar-refractivity contribution in [3.05, 3.63) is 54.4 Å². The molecular formula is C23H27N3O2. The lowest BCUT2D eigenvalue weighted by molar-refractivity contribution is -0.117. The van der Waals surface area contributed by atoms with E-state index in [1.165, 1.54) is 0 Å². The van der Waals surface area contributed by atoms with Crippen molar-refractivity contribution in [3.63, 3.8) is 0 Å². The second kappa shape index (κ2) is 8.05. The van der Waals surface area contributed by atoms with Crippen LogP contribution in [0.4, 0.5) is 5.69 Å². The fourth-order valence-electron chi connectivity index (χ4n) is 3.98. The number of benzene rings is 2. The van der Waals surface area contributed by atoms with Crippen LogP contribution in [0, 0.1) is 0 Å². The lowest BCUT2D eigenvalue weighted by Crippen LogP contribution is -2.24. The van der Waals surface area contributed by atoms with Crippen molar-refractivity contribution >= 4 is 22.6 Å². The fraction of sp³-hybridized carbons (Fsp3) is 0.391. The third-order valence-electron chi connectivity index (χ3n) is 5.37. The van der Waals surface area contributed by atoms with Crippen LogP contribution < -0.4 is 9.64 Å². The van der Waals surface area contributed by atoms with Gasteiger partial charge in [0.1, 0.15) is 11.6 Å². The zero-order valence-corrected chi connectivity index (χ0v) is 16.6. The van der Waals surface area contributed by atoms with Gasteiger partial charge >= 0.3 is 0 Å². The van der Waals surface area contributed by atoms with Crippen LogP contribution >= 0.6 is 0 Å². The first-order chi connectivity index (χ1) is 13.7. The summed E-state index contributed by atoms with van der Waals surface area (Å²) in [7, 11) is 0. The molecule has 1 aromatic heterocycles. The summed E-state index contributed by atoms with van der Waals surface area (Å²) in [5, 5.41) is 0. The van der Waals surface area contributed by atoms with Crippen LogP contribution in [0.5, 0.6) is 5.75 Å². The first kappa shape index (κ1) is 18.5. The molecule has 1 saturated heterocycles. The maximum absolute atomic E-state index is 12.8. The zero-order valence-electron chi connectivity index (χ0n) is 16.6. The second-order valence-electron chi connectivity index (χ2n) is 7.30. The summed E-state index contributed by atoms with van der Waals surface area (Å²) in [4.78, 5) is 19.6. The number of carbonyl (C=O) groups excluding carboxylic acids is 1. The molecule has 0 bridgehead atoms. The highest BCUT2D eigenvalue weighted by Gasteiger charge is 2.34. The monoisotopic (exact) mass is 377 g/mol. The van der Waals surface area contributed by atoms with Gasteiger partial charge in [-0.15, -0.1) is 0 Å². The summed E-state index contributed by atoms with van der Waals surface area (Å²) in [6, 6.07) is 16.0. The molecule has 1 amide bonds. The van der Waals surface area contributed by atoms with Crippen molar-refractivity contribution in [2.24, 2.45) is 0 Å². The van der Waals surface area contributed by atoms with Gasteiger partial charge in [-0.3, -0.25) is 4.79 Å². The zero-order chi connectivity index (χ0) is 19.5. The maximum atomic E-state index is 12.8. The van der Waals surface area contributed by atoms with E-state index in [9.17, 15) is 4.79 Å². The molecular weight excluding hydrogens is 350 g/mol. The predicted octanol–water partition coefficient (Wildman–Crippen LogP) is 4.76. The third kappa shape index (κ3) is 3.49. The summed E-state index contributed by atoms with van der Waals surface area (Å²) < 4.78 is 7.83. The van der Waals surface area contributed by atoms with Crippen LogP contribution in [0.3, 0.4) is 0 Å². The molecule has 1 fully saturated rings. The minimum Gasteiger partial charge on any atom is -0.494 e. The summed E-state index contributed by atoms with van der Waals surface area (Å²) >= 11 is 0. The Balaban J connectivity index is 1.61. The summed E-state index contributed by atoms with van der Waals surface area (Å²) in [5.74, 6) is 2.14. The average molecular weight is 377 g/mol. The molecule has 1 aliphatic heterocycles. The number of aryl methyl sites for hydroxylation is 1. The average Bonchev–Trinajstić information content (AvgIpc) is 3.28. The second-order valence-corrected chi connectivity index (χ2v) is 7.30. The Morgan fingerprint density at radius 1 is 1.11 bits per heavy atom. The minimum absolute atomic E-state index is 0.114. The van der Waals surface area contributed by atoms with E-state index in [-0.39, 0.29) is 11.8 Å². The van der Waals surface area contributed by atoms with Crippen LogP contribution in [-0.2, 0) is 11.3 Å². The van der Waals surface area contributed by atoms with Crippen LogP contribution in [0.2, 0.25) is 0 Å². The number of fused-ring (bicyclic) bond motifs is 1. The van der Waals surface area contributed by atoms with Gasteiger partial charge in [0.05, 0.1) is 17.6 Å². The molecule has 1 atom stereocenters. The number of hydrogen-bond donors (Lipinski definition) is 0. The van der Waals surface area contributed by atoms with Crippen molar-refractivity contribution in [2.75, 3.05) is 18.1 Å². The van der Waals surface area contributed by atoms with E-state index in [0.717, 1.165) is 47.7 Å². The number of nitrogens with zero attached hydrogens (tertiary/aromatic N) is 3. The van der Waals surface area contributed by atoms with E-state index in [2.05, 4.69) is 29.7 Å². The summed E-state index contributed by atoms with van der Waals surface area (Å²) in [6.07, 6.45) is 2.74. The summed E-state index contributed by atoms with van der Waals surface area (Å²) in [6.45, 7) is 6.42. The van der Waals surface area contributed by atoms with Crippen molar-refractivity contribution < 1.29 is 9.53 Å². The van der Waals surface area contributed by atoms with Gasteiger partial charge in [-0.2, -0.15) is 0 Å². The number of carbonyl (C=O) groups is 1. The van der Waals surface area contributed by atoms with Gasteiger partial charge in [0, 0.05) is 31.1 Å². The lowest BCUT2D eigenvalue weighted by atomic mass is 10.1. The predicted molar refractivity (Wildman–Crippen MR) is 112 cm³/mol. The lowest BCUT2D eigenvalue weighted by Gasteiger charge is -2.18. The number of hydrogen-bond acceptors (Lipinski definition) is 3. The quantitative estimate of drug-likeness (QED) is 0.597. The molecule has 0 unspecified atom stereocenters. The van der Waals surface area contributed by atoms with E-state index >= 15 is 0 Å². The Hall–Kier alpha value is -2.82. The number of aromatic nitrogens is 2. The molecule has 146 valence electrons. The van der Waals surface area contributed by atoms with Gasteiger partial charge in [0.15, 0.2) is 0 Å². The molecule has 0 radical (unpaired) electrons. The SMILES string of the molecule is CCCCn1c([C@@H]2CC(=O)N(c3ccc(OCC)cc3)C2)nc2ccccc21. The van der Waals surface area contributed by atoms with E-state index < -0.39 is 0 Å². The molecule has 0 N–H and O–H groups in total. The fourth-order valence-corrected chi connectivity index (χ4v) is 3.98. The molecule has 5 nitrogen and oxygen atoms in total. The molecule has 0 spiro atoms. The Bertz CT molecular complexity index is 962. The number of unbranched alkanes of at least 4 members (excludes halogenated alkanes) is 1. The molecule has 3 aromatic rings. The minimum atomic E-state index is 0.114. The highest BCUT2D eigenvalue weighted by atomic mass is 16.5. The largest absolute Gasteiger partial charge is 0.494 e. The maximum Gasteiger partial charge on any atom is 0.227 e.